The molecule has 3 N–H and O–H groups in total. The maximum atomic E-state index is 6.09. The SMILES string of the molecule is NC1=C(Nc2ccccc2)c2ccccc2C1. The van der Waals surface area contributed by atoms with Gasteiger partial charge in [-0.05, 0) is 17.7 Å². The Hall–Kier alpha value is -2.22. The Bertz CT molecular complexity index is 570. The van der Waals surface area contributed by atoms with Crippen LogP contribution in [0.15, 0.2) is 60.3 Å². The maximum absolute atomic E-state index is 6.09. The lowest BCUT2D eigenvalue weighted by Gasteiger charge is -2.09. The fraction of sp³-hybridized carbons (Fsp3) is 0.0667. The van der Waals surface area contributed by atoms with Crippen LogP contribution >= 0.6 is 0 Å². The van der Waals surface area contributed by atoms with Gasteiger partial charge in [-0.25, -0.2) is 0 Å². The second kappa shape index (κ2) is 3.98. The minimum atomic E-state index is 0.839. The summed E-state index contributed by atoms with van der Waals surface area (Å²) in [6, 6.07) is 18.5. The van der Waals surface area contributed by atoms with Crippen LogP contribution in [0, 0.1) is 0 Å². The molecule has 1 aliphatic carbocycles. The van der Waals surface area contributed by atoms with Gasteiger partial charge in [0.25, 0.3) is 0 Å². The molecule has 0 amide bonds. The summed E-state index contributed by atoms with van der Waals surface area (Å²) in [6.07, 6.45) is 0.839. The van der Waals surface area contributed by atoms with Gasteiger partial charge in [0.2, 0.25) is 0 Å². The average Bonchev–Trinajstić information content (AvgIpc) is 2.68. The molecule has 3 rings (SSSR count). The summed E-state index contributed by atoms with van der Waals surface area (Å²) in [6.45, 7) is 0. The number of nitrogens with one attached hydrogen (secondary N) is 1. The van der Waals surface area contributed by atoms with Crippen LogP contribution in [0.2, 0.25) is 0 Å². The van der Waals surface area contributed by atoms with Crippen LogP contribution in [-0.2, 0) is 6.42 Å². The standard InChI is InChI=1S/C15H14N2/c16-14-10-11-6-4-5-9-13(11)15(14)17-12-7-2-1-3-8-12/h1-9,17H,10,16H2. The van der Waals surface area contributed by atoms with E-state index in [9.17, 15) is 0 Å². The third kappa shape index (κ3) is 1.78. The van der Waals surface area contributed by atoms with E-state index in [4.69, 9.17) is 5.73 Å². The van der Waals surface area contributed by atoms with E-state index in [1.54, 1.807) is 0 Å². The zero-order chi connectivity index (χ0) is 11.7. The summed E-state index contributed by atoms with van der Waals surface area (Å²) in [4.78, 5) is 0. The smallest absolute Gasteiger partial charge is 0.0654 e. The lowest BCUT2D eigenvalue weighted by molar-refractivity contribution is 1.16. The third-order valence-electron chi connectivity index (χ3n) is 3.03. The van der Waals surface area contributed by atoms with Gasteiger partial charge in [0.1, 0.15) is 0 Å². The molecule has 2 aromatic carbocycles. The van der Waals surface area contributed by atoms with Crippen LogP contribution in [0.5, 0.6) is 0 Å². The number of fused-ring (bicyclic) bond motifs is 1. The molecule has 0 saturated heterocycles. The molecule has 17 heavy (non-hydrogen) atoms. The molecule has 0 spiro atoms. The fourth-order valence-corrected chi connectivity index (χ4v) is 2.20. The van der Waals surface area contributed by atoms with Crippen molar-refractivity contribution in [3.63, 3.8) is 0 Å². The second-order valence-corrected chi connectivity index (χ2v) is 4.23. The van der Waals surface area contributed by atoms with Crippen molar-refractivity contribution in [2.45, 2.75) is 6.42 Å². The minimum absolute atomic E-state index is 0.839. The summed E-state index contributed by atoms with van der Waals surface area (Å²) >= 11 is 0. The van der Waals surface area contributed by atoms with E-state index in [-0.39, 0.29) is 0 Å². The first kappa shape index (κ1) is 9.97. The van der Waals surface area contributed by atoms with E-state index in [1.807, 2.05) is 36.4 Å². The Labute approximate surface area is 101 Å². The molecule has 0 heterocycles. The van der Waals surface area contributed by atoms with E-state index >= 15 is 0 Å². The molecule has 0 bridgehead atoms. The van der Waals surface area contributed by atoms with Crippen LogP contribution in [0.4, 0.5) is 5.69 Å². The lowest BCUT2D eigenvalue weighted by atomic mass is 10.1. The summed E-state index contributed by atoms with van der Waals surface area (Å²) < 4.78 is 0. The highest BCUT2D eigenvalue weighted by molar-refractivity contribution is 5.83. The molecular formula is C15H14N2. The molecule has 1 aliphatic rings. The monoisotopic (exact) mass is 222 g/mol. The molecule has 0 atom stereocenters. The average molecular weight is 222 g/mol. The molecule has 0 unspecified atom stereocenters. The highest BCUT2D eigenvalue weighted by Crippen LogP contribution is 2.30. The third-order valence-corrected chi connectivity index (χ3v) is 3.03. The highest BCUT2D eigenvalue weighted by atomic mass is 14.9. The first-order chi connectivity index (χ1) is 8.34. The first-order valence-electron chi connectivity index (χ1n) is 5.73. The number of para-hydroxylation sites is 1. The molecular weight excluding hydrogens is 208 g/mol. The Morgan fingerprint density at radius 2 is 1.59 bits per heavy atom. The summed E-state index contributed by atoms with van der Waals surface area (Å²) in [5.74, 6) is 0. The molecule has 2 nitrogen and oxygen atoms in total. The van der Waals surface area contributed by atoms with Crippen LogP contribution in [-0.4, -0.2) is 0 Å². The normalized spacial score (nSPS) is 13.6. The number of anilines is 1. The number of hydrogen-bond acceptors (Lipinski definition) is 2. The van der Waals surface area contributed by atoms with Crippen LogP contribution in [0.1, 0.15) is 11.1 Å². The number of benzene rings is 2. The van der Waals surface area contributed by atoms with E-state index in [0.717, 1.165) is 23.5 Å². The van der Waals surface area contributed by atoms with Crippen molar-refractivity contribution < 1.29 is 0 Å². The van der Waals surface area contributed by atoms with Gasteiger partial charge >= 0.3 is 0 Å². The van der Waals surface area contributed by atoms with E-state index in [1.165, 1.54) is 11.1 Å². The number of hydrogen-bond donors (Lipinski definition) is 2. The quantitative estimate of drug-likeness (QED) is 0.819. The topological polar surface area (TPSA) is 38.0 Å². The highest BCUT2D eigenvalue weighted by Gasteiger charge is 2.18. The van der Waals surface area contributed by atoms with Gasteiger partial charge in [-0.1, -0.05) is 42.5 Å². The van der Waals surface area contributed by atoms with Gasteiger partial charge < -0.3 is 11.1 Å². The predicted octanol–water partition coefficient (Wildman–Crippen LogP) is 2.98. The molecule has 84 valence electrons. The summed E-state index contributed by atoms with van der Waals surface area (Å²) in [5, 5.41) is 3.40. The van der Waals surface area contributed by atoms with Crippen molar-refractivity contribution in [2.24, 2.45) is 5.73 Å². The van der Waals surface area contributed by atoms with E-state index in [0.29, 0.717) is 0 Å². The number of nitrogens with two attached hydrogens (primary N) is 1. The van der Waals surface area contributed by atoms with Crippen molar-refractivity contribution in [2.75, 3.05) is 5.32 Å². The van der Waals surface area contributed by atoms with Crippen molar-refractivity contribution in [3.8, 4) is 0 Å². The summed E-state index contributed by atoms with van der Waals surface area (Å²) in [7, 11) is 0. The zero-order valence-electron chi connectivity index (χ0n) is 9.48. The van der Waals surface area contributed by atoms with Gasteiger partial charge in [-0.2, -0.15) is 0 Å². The lowest BCUT2D eigenvalue weighted by Crippen LogP contribution is -2.04. The second-order valence-electron chi connectivity index (χ2n) is 4.23. The van der Waals surface area contributed by atoms with Gasteiger partial charge in [0.15, 0.2) is 0 Å². The number of allylic oxidation sites excluding steroid dienone is 1. The zero-order valence-corrected chi connectivity index (χ0v) is 9.48. The van der Waals surface area contributed by atoms with Gasteiger partial charge in [0.05, 0.1) is 5.70 Å². The van der Waals surface area contributed by atoms with Crippen molar-refractivity contribution in [3.05, 3.63) is 71.4 Å². The summed E-state index contributed by atoms with van der Waals surface area (Å²) in [5.41, 5.74) is 11.6. The molecule has 0 aliphatic heterocycles. The Morgan fingerprint density at radius 1 is 0.882 bits per heavy atom. The largest absolute Gasteiger partial charge is 0.400 e. The molecule has 0 fully saturated rings. The fourth-order valence-electron chi connectivity index (χ4n) is 2.20. The minimum Gasteiger partial charge on any atom is -0.400 e. The van der Waals surface area contributed by atoms with Gasteiger partial charge in [0, 0.05) is 23.4 Å². The molecule has 2 aromatic rings. The van der Waals surface area contributed by atoms with Crippen molar-refractivity contribution in [1.82, 2.24) is 0 Å². The maximum Gasteiger partial charge on any atom is 0.0654 e. The predicted molar refractivity (Wildman–Crippen MR) is 71.3 cm³/mol. The Kier molecular flexibility index (Phi) is 2.33. The van der Waals surface area contributed by atoms with Crippen LogP contribution in [0.3, 0.4) is 0 Å². The van der Waals surface area contributed by atoms with Gasteiger partial charge in [-0.15, -0.1) is 0 Å². The molecule has 0 aromatic heterocycles. The van der Waals surface area contributed by atoms with Crippen LogP contribution in [0.25, 0.3) is 5.70 Å². The molecule has 2 heteroatoms. The molecule has 0 saturated carbocycles. The van der Waals surface area contributed by atoms with E-state index in [2.05, 4.69) is 23.5 Å². The number of rotatable bonds is 2. The van der Waals surface area contributed by atoms with Crippen molar-refractivity contribution in [1.29, 1.82) is 0 Å². The first-order valence-corrected chi connectivity index (χ1v) is 5.73. The van der Waals surface area contributed by atoms with Crippen molar-refractivity contribution >= 4 is 11.4 Å². The van der Waals surface area contributed by atoms with Gasteiger partial charge in [-0.3, -0.25) is 0 Å². The van der Waals surface area contributed by atoms with E-state index < -0.39 is 0 Å². The Balaban J connectivity index is 1.96. The Morgan fingerprint density at radius 3 is 2.41 bits per heavy atom. The van der Waals surface area contributed by atoms with Crippen LogP contribution < -0.4 is 11.1 Å². The molecule has 0 radical (unpaired) electrons.